The van der Waals surface area contributed by atoms with Crippen molar-refractivity contribution in [3.63, 3.8) is 0 Å². The van der Waals surface area contributed by atoms with E-state index in [1.54, 1.807) is 29.3 Å². The molecule has 3 heterocycles. The maximum atomic E-state index is 13.1. The van der Waals surface area contributed by atoms with Crippen molar-refractivity contribution in [1.29, 1.82) is 0 Å². The largest absolute Gasteiger partial charge is 0.382 e. The van der Waals surface area contributed by atoms with Gasteiger partial charge in [-0.3, -0.25) is 18.9 Å². The number of thiocarbonyl (C=S) groups is 1. The molecule has 29 heavy (non-hydrogen) atoms. The van der Waals surface area contributed by atoms with Gasteiger partial charge in [-0.05, 0) is 38.0 Å². The summed E-state index contributed by atoms with van der Waals surface area (Å²) in [7, 11) is 0. The standard InChI is InChI=1S/C20H24N4O3S2/c1-3-10-24-19(26)15(29-20(24)28)13-14-17(21-9-7-12-27-4-2)22-16-8-5-6-11-23(16)18(14)25/h5-6,8,11,13,21H,3-4,7,9-10,12H2,1-2H3. The van der Waals surface area contributed by atoms with Gasteiger partial charge in [0.25, 0.3) is 11.5 Å². The molecule has 0 radical (unpaired) electrons. The predicted molar refractivity (Wildman–Crippen MR) is 121 cm³/mol. The van der Waals surface area contributed by atoms with E-state index < -0.39 is 0 Å². The number of amides is 1. The number of hydrogen-bond acceptors (Lipinski definition) is 7. The number of nitrogens with zero attached hydrogens (tertiary/aromatic N) is 3. The first-order chi connectivity index (χ1) is 14.1. The van der Waals surface area contributed by atoms with Crippen molar-refractivity contribution in [1.82, 2.24) is 14.3 Å². The molecule has 0 spiro atoms. The molecular formula is C20H24N4O3S2. The quantitative estimate of drug-likeness (QED) is 0.371. The van der Waals surface area contributed by atoms with Gasteiger partial charge in [0.05, 0.1) is 10.5 Å². The van der Waals surface area contributed by atoms with Crippen LogP contribution in [0.2, 0.25) is 0 Å². The summed E-state index contributed by atoms with van der Waals surface area (Å²) in [6, 6.07) is 5.38. The lowest BCUT2D eigenvalue weighted by Gasteiger charge is -2.12. The van der Waals surface area contributed by atoms with Crippen molar-refractivity contribution in [2.75, 3.05) is 31.6 Å². The van der Waals surface area contributed by atoms with E-state index in [-0.39, 0.29) is 11.5 Å². The van der Waals surface area contributed by atoms with Crippen LogP contribution in [0.1, 0.15) is 32.3 Å². The Balaban J connectivity index is 1.97. The van der Waals surface area contributed by atoms with E-state index in [1.165, 1.54) is 16.2 Å². The van der Waals surface area contributed by atoms with Crippen LogP contribution in [0.3, 0.4) is 0 Å². The number of pyridine rings is 1. The van der Waals surface area contributed by atoms with Crippen molar-refractivity contribution in [3.8, 4) is 0 Å². The van der Waals surface area contributed by atoms with E-state index in [4.69, 9.17) is 17.0 Å². The fraction of sp³-hybridized carbons (Fsp3) is 0.400. The minimum absolute atomic E-state index is 0.165. The number of ether oxygens (including phenoxy) is 1. The summed E-state index contributed by atoms with van der Waals surface area (Å²) in [6.45, 7) is 6.41. The maximum absolute atomic E-state index is 13.1. The molecule has 0 aromatic carbocycles. The number of rotatable bonds is 9. The van der Waals surface area contributed by atoms with Crippen LogP contribution in [0, 0.1) is 0 Å². The minimum atomic E-state index is -0.233. The van der Waals surface area contributed by atoms with Crippen molar-refractivity contribution in [3.05, 3.63) is 45.2 Å². The zero-order valence-electron chi connectivity index (χ0n) is 16.5. The molecule has 0 atom stereocenters. The Kier molecular flexibility index (Phi) is 7.40. The molecule has 2 aromatic rings. The van der Waals surface area contributed by atoms with Crippen molar-refractivity contribution in [2.45, 2.75) is 26.7 Å². The Labute approximate surface area is 179 Å². The van der Waals surface area contributed by atoms with Crippen LogP contribution in [-0.4, -0.2) is 50.8 Å². The highest BCUT2D eigenvalue weighted by atomic mass is 32.2. The predicted octanol–water partition coefficient (Wildman–Crippen LogP) is 3.14. The highest BCUT2D eigenvalue weighted by Crippen LogP contribution is 2.33. The number of hydrogen-bond donors (Lipinski definition) is 1. The summed E-state index contributed by atoms with van der Waals surface area (Å²) >= 11 is 6.55. The first kappa shape index (κ1) is 21.5. The summed E-state index contributed by atoms with van der Waals surface area (Å²) in [6.07, 6.45) is 4.87. The van der Waals surface area contributed by atoms with Crippen molar-refractivity contribution in [2.24, 2.45) is 0 Å². The Morgan fingerprint density at radius 1 is 1.31 bits per heavy atom. The first-order valence-electron chi connectivity index (χ1n) is 9.65. The van der Waals surface area contributed by atoms with Crippen LogP contribution in [0.4, 0.5) is 5.82 Å². The highest BCUT2D eigenvalue weighted by Gasteiger charge is 2.31. The van der Waals surface area contributed by atoms with E-state index >= 15 is 0 Å². The van der Waals surface area contributed by atoms with Crippen LogP contribution < -0.4 is 10.9 Å². The molecule has 7 nitrogen and oxygen atoms in total. The molecule has 1 aliphatic rings. The molecule has 0 aliphatic carbocycles. The van der Waals surface area contributed by atoms with Gasteiger partial charge in [-0.15, -0.1) is 0 Å². The average molecular weight is 433 g/mol. The summed E-state index contributed by atoms with van der Waals surface area (Å²) < 4.78 is 7.35. The summed E-state index contributed by atoms with van der Waals surface area (Å²) in [5.41, 5.74) is 0.659. The molecule has 0 saturated carbocycles. The minimum Gasteiger partial charge on any atom is -0.382 e. The third-order valence-corrected chi connectivity index (χ3v) is 5.71. The average Bonchev–Trinajstić information content (AvgIpc) is 2.98. The lowest BCUT2D eigenvalue weighted by molar-refractivity contribution is -0.122. The molecule has 1 amide bonds. The number of anilines is 1. The third-order valence-electron chi connectivity index (χ3n) is 4.33. The second-order valence-corrected chi connectivity index (χ2v) is 8.09. The van der Waals surface area contributed by atoms with E-state index in [1.807, 2.05) is 19.9 Å². The Hall–Kier alpha value is -2.23. The van der Waals surface area contributed by atoms with Gasteiger partial charge in [0, 0.05) is 32.5 Å². The monoisotopic (exact) mass is 432 g/mol. The second-order valence-electron chi connectivity index (χ2n) is 6.42. The van der Waals surface area contributed by atoms with Gasteiger partial charge in [0.2, 0.25) is 0 Å². The molecular weight excluding hydrogens is 408 g/mol. The number of thioether (sulfide) groups is 1. The lowest BCUT2D eigenvalue weighted by atomic mass is 10.2. The van der Waals surface area contributed by atoms with Gasteiger partial charge in [-0.2, -0.15) is 0 Å². The first-order valence-corrected chi connectivity index (χ1v) is 10.9. The summed E-state index contributed by atoms with van der Waals surface area (Å²) in [4.78, 5) is 32.4. The van der Waals surface area contributed by atoms with E-state index in [0.29, 0.717) is 52.6 Å². The third kappa shape index (κ3) is 4.85. The Bertz CT molecular complexity index is 1000. The van der Waals surface area contributed by atoms with Crippen molar-refractivity contribution < 1.29 is 9.53 Å². The van der Waals surface area contributed by atoms with Gasteiger partial charge < -0.3 is 10.1 Å². The van der Waals surface area contributed by atoms with Crippen LogP contribution in [0.25, 0.3) is 11.7 Å². The lowest BCUT2D eigenvalue weighted by Crippen LogP contribution is -2.28. The number of carbonyl (C=O) groups excluding carboxylic acids is 1. The van der Waals surface area contributed by atoms with Gasteiger partial charge in [-0.25, -0.2) is 4.98 Å². The fourth-order valence-electron chi connectivity index (χ4n) is 2.94. The van der Waals surface area contributed by atoms with Crippen LogP contribution in [0.15, 0.2) is 34.1 Å². The smallest absolute Gasteiger partial charge is 0.267 e. The number of carbonyl (C=O) groups is 1. The van der Waals surface area contributed by atoms with Crippen LogP contribution in [0.5, 0.6) is 0 Å². The van der Waals surface area contributed by atoms with Gasteiger partial charge in [-0.1, -0.05) is 37.0 Å². The molecule has 1 fully saturated rings. The van der Waals surface area contributed by atoms with Gasteiger partial charge in [0.15, 0.2) is 0 Å². The van der Waals surface area contributed by atoms with Crippen molar-refractivity contribution >= 4 is 51.7 Å². The van der Waals surface area contributed by atoms with Gasteiger partial charge >= 0.3 is 0 Å². The Morgan fingerprint density at radius 3 is 2.90 bits per heavy atom. The SMILES string of the molecule is CCCN1C(=O)C(=Cc2c(NCCCOCC)nc3ccccn3c2=O)SC1=S. The molecule has 0 bridgehead atoms. The number of fused-ring (bicyclic) bond motifs is 1. The number of nitrogens with one attached hydrogen (secondary N) is 1. The zero-order chi connectivity index (χ0) is 20.8. The van der Waals surface area contributed by atoms with E-state index in [0.717, 1.165) is 12.8 Å². The molecule has 1 N–H and O–H groups in total. The van der Waals surface area contributed by atoms with Gasteiger partial charge in [0.1, 0.15) is 15.8 Å². The Morgan fingerprint density at radius 2 is 2.14 bits per heavy atom. The van der Waals surface area contributed by atoms with E-state index in [9.17, 15) is 9.59 Å². The topological polar surface area (TPSA) is 75.9 Å². The van der Waals surface area contributed by atoms with Crippen LogP contribution in [-0.2, 0) is 9.53 Å². The summed E-state index contributed by atoms with van der Waals surface area (Å²) in [5, 5.41) is 3.23. The molecule has 3 rings (SSSR count). The fourth-order valence-corrected chi connectivity index (χ4v) is 4.23. The molecule has 1 aliphatic heterocycles. The highest BCUT2D eigenvalue weighted by molar-refractivity contribution is 8.26. The maximum Gasteiger partial charge on any atom is 0.267 e. The number of aromatic nitrogens is 2. The molecule has 1 saturated heterocycles. The molecule has 0 unspecified atom stereocenters. The second kappa shape index (κ2) is 10.00. The van der Waals surface area contributed by atoms with E-state index in [2.05, 4.69) is 10.3 Å². The molecule has 154 valence electrons. The molecule has 9 heteroatoms. The van der Waals surface area contributed by atoms with Crippen LogP contribution >= 0.6 is 24.0 Å². The summed E-state index contributed by atoms with van der Waals surface area (Å²) in [5.74, 6) is 0.292. The normalized spacial score (nSPS) is 15.7. The zero-order valence-corrected chi connectivity index (χ0v) is 18.1. The molecule has 2 aromatic heterocycles.